The van der Waals surface area contributed by atoms with Crippen LogP contribution in [0.4, 0.5) is 4.79 Å². The summed E-state index contributed by atoms with van der Waals surface area (Å²) in [4.78, 5) is 29.2. The largest absolute Gasteiger partial charge is 0.327 e. The average Bonchev–Trinajstić information content (AvgIpc) is 2.41. The third-order valence-corrected chi connectivity index (χ3v) is 6.46. The maximum Gasteiger partial charge on any atom is 0.327 e. The summed E-state index contributed by atoms with van der Waals surface area (Å²) in [5.41, 5.74) is -0.134. The molecule has 5 fully saturated rings. The van der Waals surface area contributed by atoms with E-state index in [4.69, 9.17) is 0 Å². The normalized spacial score (nSPS) is 45.6. The minimum Gasteiger partial charge on any atom is -0.324 e. The molecule has 1 unspecified atom stereocenters. The minimum atomic E-state index is -0.134. The highest BCUT2D eigenvalue weighted by molar-refractivity contribution is 5.99. The van der Waals surface area contributed by atoms with E-state index in [-0.39, 0.29) is 23.4 Å². The molecule has 0 spiro atoms. The summed E-state index contributed by atoms with van der Waals surface area (Å²) in [5.74, 6) is 2.31. The number of hydrogen-bond acceptors (Lipinski definition) is 2. The van der Waals surface area contributed by atoms with Gasteiger partial charge >= 0.3 is 6.03 Å². The van der Waals surface area contributed by atoms with Gasteiger partial charge < -0.3 is 4.90 Å². The molecule has 5 rings (SSSR count). The van der Waals surface area contributed by atoms with Crippen molar-refractivity contribution < 1.29 is 9.59 Å². The summed E-state index contributed by atoms with van der Waals surface area (Å²) >= 11 is 0. The van der Waals surface area contributed by atoms with Crippen LogP contribution in [0.5, 0.6) is 0 Å². The molecule has 4 bridgehead atoms. The number of rotatable bonds is 2. The molecule has 4 saturated carbocycles. The van der Waals surface area contributed by atoms with Crippen LogP contribution in [0.15, 0.2) is 0 Å². The average molecular weight is 290 g/mol. The molecular formula is C17H26N2O2. The molecule has 1 saturated heterocycles. The second-order valence-electron chi connectivity index (χ2n) is 8.04. The van der Waals surface area contributed by atoms with Crippen molar-refractivity contribution in [2.45, 2.75) is 57.9 Å². The standard InChI is InChI=1S/C17H26N2O2/c1-3-18-10-11(2)15(20)19(16(18)21)17-7-12-4-13(8-17)6-14(5-12)9-17/h11-14H,3-10H2,1-2H3. The lowest BCUT2D eigenvalue weighted by molar-refractivity contribution is -0.152. The van der Waals surface area contributed by atoms with Gasteiger partial charge in [-0.3, -0.25) is 9.69 Å². The van der Waals surface area contributed by atoms with E-state index in [9.17, 15) is 9.59 Å². The Kier molecular flexibility index (Phi) is 2.89. The molecule has 0 aromatic carbocycles. The Bertz CT molecular complexity index is 452. The summed E-state index contributed by atoms with van der Waals surface area (Å²) in [6.45, 7) is 5.29. The van der Waals surface area contributed by atoms with E-state index in [0.29, 0.717) is 13.1 Å². The van der Waals surface area contributed by atoms with Gasteiger partial charge in [0, 0.05) is 13.1 Å². The Labute approximate surface area is 126 Å². The zero-order valence-electron chi connectivity index (χ0n) is 13.2. The fraction of sp³-hybridized carbons (Fsp3) is 0.882. The van der Waals surface area contributed by atoms with E-state index >= 15 is 0 Å². The number of urea groups is 1. The second kappa shape index (κ2) is 4.47. The van der Waals surface area contributed by atoms with E-state index in [0.717, 1.165) is 37.0 Å². The Morgan fingerprint density at radius 2 is 1.57 bits per heavy atom. The summed E-state index contributed by atoms with van der Waals surface area (Å²) < 4.78 is 0. The van der Waals surface area contributed by atoms with Gasteiger partial charge in [0.2, 0.25) is 5.91 Å². The SMILES string of the molecule is CCN1CC(C)C(=O)N(C23CC4CC(CC(C4)C2)C3)C1=O. The van der Waals surface area contributed by atoms with E-state index < -0.39 is 0 Å². The summed E-state index contributed by atoms with van der Waals surface area (Å²) in [7, 11) is 0. The second-order valence-corrected chi connectivity index (χ2v) is 8.04. The number of carbonyl (C=O) groups excluding carboxylic acids is 2. The molecule has 1 aliphatic heterocycles. The fourth-order valence-electron chi connectivity index (χ4n) is 5.98. The predicted octanol–water partition coefficient (Wildman–Crippen LogP) is 2.88. The highest BCUT2D eigenvalue weighted by atomic mass is 16.2. The molecular weight excluding hydrogens is 264 g/mol. The maximum atomic E-state index is 12.9. The third-order valence-electron chi connectivity index (χ3n) is 6.46. The maximum absolute atomic E-state index is 12.9. The first-order valence-corrected chi connectivity index (χ1v) is 8.65. The highest BCUT2D eigenvalue weighted by Gasteiger charge is 2.58. The van der Waals surface area contributed by atoms with Gasteiger partial charge in [-0.25, -0.2) is 4.79 Å². The van der Waals surface area contributed by atoms with Crippen LogP contribution in [0.2, 0.25) is 0 Å². The quantitative estimate of drug-likeness (QED) is 0.784. The van der Waals surface area contributed by atoms with Gasteiger partial charge in [-0.2, -0.15) is 0 Å². The third kappa shape index (κ3) is 1.87. The molecule has 4 heteroatoms. The van der Waals surface area contributed by atoms with Crippen molar-refractivity contribution in [1.82, 2.24) is 9.80 Å². The van der Waals surface area contributed by atoms with Gasteiger partial charge in [-0.15, -0.1) is 0 Å². The van der Waals surface area contributed by atoms with E-state index in [1.807, 2.05) is 18.7 Å². The lowest BCUT2D eigenvalue weighted by Crippen LogP contribution is -2.68. The van der Waals surface area contributed by atoms with Crippen molar-refractivity contribution in [3.63, 3.8) is 0 Å². The van der Waals surface area contributed by atoms with Crippen LogP contribution in [0, 0.1) is 23.7 Å². The van der Waals surface area contributed by atoms with Gasteiger partial charge in [0.15, 0.2) is 0 Å². The lowest BCUT2D eigenvalue weighted by Gasteiger charge is -2.61. The molecule has 4 aliphatic carbocycles. The zero-order valence-corrected chi connectivity index (χ0v) is 13.2. The summed E-state index contributed by atoms with van der Waals surface area (Å²) in [6, 6.07) is -0.0115. The van der Waals surface area contributed by atoms with Crippen LogP contribution in [-0.4, -0.2) is 40.4 Å². The number of nitrogens with zero attached hydrogens (tertiary/aromatic N) is 2. The molecule has 0 N–H and O–H groups in total. The molecule has 4 nitrogen and oxygen atoms in total. The minimum absolute atomic E-state index is 0.0115. The smallest absolute Gasteiger partial charge is 0.324 e. The van der Waals surface area contributed by atoms with Crippen LogP contribution in [0.25, 0.3) is 0 Å². The van der Waals surface area contributed by atoms with Gasteiger partial charge in [0.25, 0.3) is 0 Å². The Balaban J connectivity index is 1.70. The predicted molar refractivity (Wildman–Crippen MR) is 79.6 cm³/mol. The van der Waals surface area contributed by atoms with Crippen LogP contribution in [0.1, 0.15) is 52.4 Å². The summed E-state index contributed by atoms with van der Waals surface area (Å²) in [5, 5.41) is 0. The lowest BCUT2D eigenvalue weighted by atomic mass is 9.52. The van der Waals surface area contributed by atoms with E-state index in [2.05, 4.69) is 0 Å². The number of amides is 3. The Morgan fingerprint density at radius 3 is 2.05 bits per heavy atom. The van der Waals surface area contributed by atoms with Crippen LogP contribution < -0.4 is 0 Å². The molecule has 0 aromatic heterocycles. The van der Waals surface area contributed by atoms with Crippen molar-refractivity contribution >= 4 is 11.9 Å². The first kappa shape index (κ1) is 13.6. The number of imide groups is 1. The van der Waals surface area contributed by atoms with Crippen molar-refractivity contribution in [2.75, 3.05) is 13.1 Å². The van der Waals surface area contributed by atoms with E-state index in [1.54, 1.807) is 4.90 Å². The molecule has 0 aromatic rings. The van der Waals surface area contributed by atoms with E-state index in [1.165, 1.54) is 19.3 Å². The first-order valence-electron chi connectivity index (χ1n) is 8.65. The van der Waals surface area contributed by atoms with Gasteiger partial charge in [-0.1, -0.05) is 6.92 Å². The highest BCUT2D eigenvalue weighted by Crippen LogP contribution is 2.58. The van der Waals surface area contributed by atoms with Crippen molar-refractivity contribution in [3.8, 4) is 0 Å². The molecule has 21 heavy (non-hydrogen) atoms. The molecule has 3 amide bonds. The van der Waals surface area contributed by atoms with Crippen molar-refractivity contribution in [3.05, 3.63) is 0 Å². The molecule has 1 heterocycles. The molecule has 5 aliphatic rings. The molecule has 0 radical (unpaired) electrons. The van der Waals surface area contributed by atoms with Gasteiger partial charge in [0.05, 0.1) is 11.5 Å². The monoisotopic (exact) mass is 290 g/mol. The van der Waals surface area contributed by atoms with Crippen molar-refractivity contribution in [1.29, 1.82) is 0 Å². The first-order chi connectivity index (χ1) is 10.0. The van der Waals surface area contributed by atoms with Crippen LogP contribution in [-0.2, 0) is 4.79 Å². The van der Waals surface area contributed by atoms with Gasteiger partial charge in [0.1, 0.15) is 0 Å². The van der Waals surface area contributed by atoms with Crippen molar-refractivity contribution in [2.24, 2.45) is 23.7 Å². The van der Waals surface area contributed by atoms with Crippen LogP contribution >= 0.6 is 0 Å². The topological polar surface area (TPSA) is 40.6 Å². The Morgan fingerprint density at radius 1 is 1.05 bits per heavy atom. The fourth-order valence-corrected chi connectivity index (χ4v) is 5.98. The number of carbonyl (C=O) groups is 2. The molecule has 116 valence electrons. The van der Waals surface area contributed by atoms with Gasteiger partial charge in [-0.05, 0) is 63.2 Å². The molecule has 1 atom stereocenters. The van der Waals surface area contributed by atoms with Crippen LogP contribution in [0.3, 0.4) is 0 Å². The Hall–Kier alpha value is -1.06. The number of hydrogen-bond donors (Lipinski definition) is 0. The zero-order chi connectivity index (χ0) is 14.8. The summed E-state index contributed by atoms with van der Waals surface area (Å²) in [6.07, 6.45) is 7.22.